The summed E-state index contributed by atoms with van der Waals surface area (Å²) in [5, 5.41) is 4.03. The lowest BCUT2D eigenvalue weighted by Gasteiger charge is -2.18. The van der Waals surface area contributed by atoms with Gasteiger partial charge in [0.2, 0.25) is 5.82 Å². The fourth-order valence-corrected chi connectivity index (χ4v) is 2.17. The number of aromatic nitrogens is 3. The molecule has 5 nitrogen and oxygen atoms in total. The van der Waals surface area contributed by atoms with E-state index in [0.717, 1.165) is 5.56 Å². The van der Waals surface area contributed by atoms with Gasteiger partial charge in [0.05, 0.1) is 5.56 Å². The molecule has 3 rings (SSSR count). The van der Waals surface area contributed by atoms with E-state index in [1.54, 1.807) is 12.3 Å². The Morgan fingerprint density at radius 3 is 2.41 bits per heavy atom. The summed E-state index contributed by atoms with van der Waals surface area (Å²) >= 11 is 0. The number of nitrogen functional groups attached to an aromatic ring is 1. The monoisotopic (exact) mass is 294 g/mol. The molecule has 0 amide bonds. The number of rotatable bonds is 2. The number of hydrogen-bond donors (Lipinski definition) is 1. The van der Waals surface area contributed by atoms with Crippen LogP contribution < -0.4 is 5.73 Å². The number of nitrogens with two attached hydrogens (primary N) is 1. The van der Waals surface area contributed by atoms with Crippen molar-refractivity contribution in [1.29, 1.82) is 0 Å². The molecule has 0 aliphatic rings. The number of benzene rings is 1. The van der Waals surface area contributed by atoms with Crippen molar-refractivity contribution in [3.05, 3.63) is 48.2 Å². The lowest BCUT2D eigenvalue weighted by Crippen LogP contribution is -2.10. The molecule has 0 fully saturated rings. The quantitative estimate of drug-likeness (QED) is 0.780. The standard InChI is InChI=1S/C17H18N4O/c1-17(2,3)12-8-6-11(7-9-12)15-20-16(22-21-15)13-5-4-10-19-14(13)18/h4-10H,1-3H3,(H2,18,19). The molecule has 2 N–H and O–H groups in total. The molecule has 3 aromatic rings. The van der Waals surface area contributed by atoms with Crippen LogP contribution in [0.3, 0.4) is 0 Å². The first-order chi connectivity index (χ1) is 10.4. The molecule has 0 aliphatic carbocycles. The van der Waals surface area contributed by atoms with Gasteiger partial charge in [0.25, 0.3) is 5.89 Å². The van der Waals surface area contributed by atoms with E-state index in [9.17, 15) is 0 Å². The van der Waals surface area contributed by atoms with Crippen molar-refractivity contribution in [2.45, 2.75) is 26.2 Å². The van der Waals surface area contributed by atoms with Gasteiger partial charge in [-0.2, -0.15) is 4.98 Å². The molecule has 112 valence electrons. The summed E-state index contributed by atoms with van der Waals surface area (Å²) in [6.07, 6.45) is 1.63. The van der Waals surface area contributed by atoms with Crippen LogP contribution in [0.4, 0.5) is 5.82 Å². The van der Waals surface area contributed by atoms with Gasteiger partial charge < -0.3 is 10.3 Å². The maximum atomic E-state index is 5.83. The van der Waals surface area contributed by atoms with Crippen LogP contribution in [0, 0.1) is 0 Å². The summed E-state index contributed by atoms with van der Waals surface area (Å²) in [5.41, 5.74) is 8.76. The highest BCUT2D eigenvalue weighted by Crippen LogP contribution is 2.27. The summed E-state index contributed by atoms with van der Waals surface area (Å²) in [4.78, 5) is 8.43. The predicted molar refractivity (Wildman–Crippen MR) is 86.1 cm³/mol. The minimum absolute atomic E-state index is 0.116. The van der Waals surface area contributed by atoms with Crippen molar-refractivity contribution < 1.29 is 4.52 Å². The van der Waals surface area contributed by atoms with Gasteiger partial charge in [-0.15, -0.1) is 0 Å². The smallest absolute Gasteiger partial charge is 0.261 e. The third-order valence-electron chi connectivity index (χ3n) is 3.50. The molecule has 0 atom stereocenters. The molecule has 2 heterocycles. The number of pyridine rings is 1. The molecule has 0 spiro atoms. The van der Waals surface area contributed by atoms with Gasteiger partial charge in [0.15, 0.2) is 0 Å². The lowest BCUT2D eigenvalue weighted by atomic mass is 9.87. The second-order valence-corrected chi connectivity index (χ2v) is 6.19. The molecule has 0 radical (unpaired) electrons. The van der Waals surface area contributed by atoms with E-state index in [0.29, 0.717) is 23.1 Å². The lowest BCUT2D eigenvalue weighted by molar-refractivity contribution is 0.432. The van der Waals surface area contributed by atoms with Gasteiger partial charge in [-0.05, 0) is 23.1 Å². The van der Waals surface area contributed by atoms with Crippen molar-refractivity contribution >= 4 is 5.82 Å². The second-order valence-electron chi connectivity index (χ2n) is 6.19. The fraction of sp³-hybridized carbons (Fsp3) is 0.235. The molecule has 0 aliphatic heterocycles. The highest BCUT2D eigenvalue weighted by molar-refractivity contribution is 5.68. The van der Waals surface area contributed by atoms with Crippen LogP contribution in [0.15, 0.2) is 47.1 Å². The Kier molecular flexibility index (Phi) is 3.41. The third kappa shape index (κ3) is 2.70. The summed E-state index contributed by atoms with van der Waals surface area (Å²) < 4.78 is 5.30. The van der Waals surface area contributed by atoms with E-state index in [1.165, 1.54) is 5.56 Å². The van der Waals surface area contributed by atoms with Crippen LogP contribution in [0.1, 0.15) is 26.3 Å². The number of hydrogen-bond acceptors (Lipinski definition) is 5. The van der Waals surface area contributed by atoms with Crippen LogP contribution in [-0.4, -0.2) is 15.1 Å². The Hall–Kier alpha value is -2.69. The molecular formula is C17H18N4O. The van der Waals surface area contributed by atoms with Crippen molar-refractivity contribution in [2.75, 3.05) is 5.73 Å². The van der Waals surface area contributed by atoms with Crippen LogP contribution >= 0.6 is 0 Å². The average Bonchev–Trinajstić information content (AvgIpc) is 2.96. The molecule has 0 bridgehead atoms. The maximum absolute atomic E-state index is 5.83. The van der Waals surface area contributed by atoms with Gasteiger partial charge in [-0.25, -0.2) is 4.98 Å². The zero-order valence-electron chi connectivity index (χ0n) is 12.9. The van der Waals surface area contributed by atoms with Crippen LogP contribution in [0.5, 0.6) is 0 Å². The van der Waals surface area contributed by atoms with E-state index >= 15 is 0 Å². The van der Waals surface area contributed by atoms with Crippen LogP contribution in [0.25, 0.3) is 22.8 Å². The van der Waals surface area contributed by atoms with Gasteiger partial charge in [-0.3, -0.25) is 0 Å². The summed E-state index contributed by atoms with van der Waals surface area (Å²) in [7, 11) is 0. The molecule has 1 aromatic carbocycles. The van der Waals surface area contributed by atoms with E-state index < -0.39 is 0 Å². The minimum atomic E-state index is 0.116. The van der Waals surface area contributed by atoms with Gasteiger partial charge in [0, 0.05) is 11.8 Å². The number of nitrogens with zero attached hydrogens (tertiary/aromatic N) is 3. The Labute approximate surface area is 129 Å². The molecule has 0 saturated heterocycles. The van der Waals surface area contributed by atoms with Gasteiger partial charge in [0.1, 0.15) is 5.82 Å². The summed E-state index contributed by atoms with van der Waals surface area (Å²) in [6, 6.07) is 11.8. The predicted octanol–water partition coefficient (Wildman–Crippen LogP) is 3.68. The zero-order chi connectivity index (χ0) is 15.7. The SMILES string of the molecule is CC(C)(C)c1ccc(-c2noc(-c3cccnc3N)n2)cc1. The van der Waals surface area contributed by atoms with E-state index in [2.05, 4.69) is 48.0 Å². The van der Waals surface area contributed by atoms with E-state index in [1.807, 2.05) is 18.2 Å². The largest absolute Gasteiger partial charge is 0.383 e. The third-order valence-corrected chi connectivity index (χ3v) is 3.50. The normalized spacial score (nSPS) is 11.6. The highest BCUT2D eigenvalue weighted by Gasteiger charge is 2.16. The molecule has 0 unspecified atom stereocenters. The minimum Gasteiger partial charge on any atom is -0.383 e. The molecule has 5 heteroatoms. The fourth-order valence-electron chi connectivity index (χ4n) is 2.17. The Morgan fingerprint density at radius 1 is 1.05 bits per heavy atom. The van der Waals surface area contributed by atoms with Gasteiger partial charge in [-0.1, -0.05) is 50.2 Å². The van der Waals surface area contributed by atoms with Crippen LogP contribution in [-0.2, 0) is 5.41 Å². The Morgan fingerprint density at radius 2 is 1.77 bits per heavy atom. The Bertz CT molecular complexity index is 785. The van der Waals surface area contributed by atoms with Gasteiger partial charge >= 0.3 is 0 Å². The highest BCUT2D eigenvalue weighted by atomic mass is 16.5. The topological polar surface area (TPSA) is 77.8 Å². The van der Waals surface area contributed by atoms with Crippen LogP contribution in [0.2, 0.25) is 0 Å². The first-order valence-electron chi connectivity index (χ1n) is 7.10. The van der Waals surface area contributed by atoms with E-state index in [4.69, 9.17) is 10.3 Å². The van der Waals surface area contributed by atoms with E-state index in [-0.39, 0.29) is 5.41 Å². The Balaban J connectivity index is 1.93. The summed E-state index contributed by atoms with van der Waals surface area (Å²) in [6.45, 7) is 6.54. The van der Waals surface area contributed by atoms with Crippen molar-refractivity contribution in [2.24, 2.45) is 0 Å². The first-order valence-corrected chi connectivity index (χ1v) is 7.10. The first kappa shape index (κ1) is 14.3. The molecule has 2 aromatic heterocycles. The molecule has 0 saturated carbocycles. The number of anilines is 1. The second kappa shape index (κ2) is 5.26. The zero-order valence-corrected chi connectivity index (χ0v) is 12.9. The van der Waals surface area contributed by atoms with Crippen molar-refractivity contribution in [1.82, 2.24) is 15.1 Å². The maximum Gasteiger partial charge on any atom is 0.261 e. The summed E-state index contributed by atoms with van der Waals surface area (Å²) in [5.74, 6) is 1.29. The molecular weight excluding hydrogens is 276 g/mol. The average molecular weight is 294 g/mol. The molecule has 22 heavy (non-hydrogen) atoms. The van der Waals surface area contributed by atoms with Crippen molar-refractivity contribution in [3.63, 3.8) is 0 Å². The van der Waals surface area contributed by atoms with Crippen molar-refractivity contribution in [3.8, 4) is 22.8 Å².